The van der Waals surface area contributed by atoms with Gasteiger partial charge in [0.05, 0.1) is 22.3 Å². The smallest absolute Gasteiger partial charge is 0.237 e. The van der Waals surface area contributed by atoms with Crippen molar-refractivity contribution in [3.8, 4) is 0 Å². The average molecular weight is 303 g/mol. The second-order valence-electron chi connectivity index (χ2n) is 5.23. The van der Waals surface area contributed by atoms with Gasteiger partial charge in [0.15, 0.2) is 0 Å². The molecule has 2 rings (SSSR count). The zero-order chi connectivity index (χ0) is 15.6. The molecule has 21 heavy (non-hydrogen) atoms. The van der Waals surface area contributed by atoms with E-state index in [1.54, 1.807) is 16.4 Å². The highest BCUT2D eigenvalue weighted by molar-refractivity contribution is 8.00. The second kappa shape index (κ2) is 6.35. The van der Waals surface area contributed by atoms with Gasteiger partial charge in [-0.05, 0) is 39.8 Å². The van der Waals surface area contributed by atoms with Crippen LogP contribution >= 0.6 is 11.8 Å². The highest BCUT2D eigenvalue weighted by Gasteiger charge is 2.18. The summed E-state index contributed by atoms with van der Waals surface area (Å²) in [4.78, 5) is 13.4. The lowest BCUT2D eigenvalue weighted by molar-refractivity contribution is -0.115. The first-order valence-corrected chi connectivity index (χ1v) is 7.81. The molecule has 0 spiro atoms. The van der Waals surface area contributed by atoms with E-state index in [9.17, 15) is 4.79 Å². The topological polar surface area (TPSA) is 46.9 Å². The first-order valence-electron chi connectivity index (χ1n) is 6.93. The fraction of sp³-hybridized carbons (Fsp3) is 0.375. The molecule has 112 valence electrons. The molecule has 0 aliphatic carbocycles. The van der Waals surface area contributed by atoms with Crippen molar-refractivity contribution in [1.82, 2.24) is 9.78 Å². The Morgan fingerprint density at radius 1 is 1.24 bits per heavy atom. The highest BCUT2D eigenvalue weighted by atomic mass is 32.2. The number of hydrogen-bond donors (Lipinski definition) is 1. The molecule has 0 radical (unpaired) electrons. The van der Waals surface area contributed by atoms with Crippen LogP contribution in [0.4, 0.5) is 5.69 Å². The third-order valence-corrected chi connectivity index (χ3v) is 4.57. The molecule has 0 bridgehead atoms. The molecule has 0 aliphatic rings. The summed E-state index contributed by atoms with van der Waals surface area (Å²) < 4.78 is 1.78. The van der Waals surface area contributed by atoms with Crippen LogP contribution in [0.3, 0.4) is 0 Å². The quantitative estimate of drug-likeness (QED) is 0.880. The maximum Gasteiger partial charge on any atom is 0.237 e. The van der Waals surface area contributed by atoms with Crippen LogP contribution in [0.1, 0.15) is 23.9 Å². The van der Waals surface area contributed by atoms with E-state index in [1.807, 2.05) is 40.0 Å². The molecule has 0 fully saturated rings. The van der Waals surface area contributed by atoms with Crippen molar-refractivity contribution in [1.29, 1.82) is 0 Å². The molecule has 1 atom stereocenters. The lowest BCUT2D eigenvalue weighted by atomic mass is 10.2. The monoisotopic (exact) mass is 303 g/mol. The van der Waals surface area contributed by atoms with Crippen LogP contribution in [-0.4, -0.2) is 20.9 Å². The van der Waals surface area contributed by atoms with Crippen molar-refractivity contribution >= 4 is 23.4 Å². The van der Waals surface area contributed by atoms with E-state index in [1.165, 1.54) is 5.56 Å². The molecule has 1 heterocycles. The Labute approximate surface area is 129 Å². The summed E-state index contributed by atoms with van der Waals surface area (Å²) in [5.41, 5.74) is 3.85. The zero-order valence-electron chi connectivity index (χ0n) is 13.1. The Kier molecular flexibility index (Phi) is 4.73. The van der Waals surface area contributed by atoms with Crippen LogP contribution in [0.15, 0.2) is 29.2 Å². The molecular weight excluding hydrogens is 282 g/mol. The van der Waals surface area contributed by atoms with E-state index >= 15 is 0 Å². The number of amides is 1. The van der Waals surface area contributed by atoms with Gasteiger partial charge in [-0.15, -0.1) is 11.8 Å². The first-order chi connectivity index (χ1) is 9.88. The number of benzene rings is 1. The molecule has 0 aliphatic heterocycles. The maximum absolute atomic E-state index is 12.3. The van der Waals surface area contributed by atoms with Gasteiger partial charge < -0.3 is 5.32 Å². The summed E-state index contributed by atoms with van der Waals surface area (Å²) in [6, 6.07) is 8.21. The van der Waals surface area contributed by atoms with Crippen molar-refractivity contribution in [2.75, 3.05) is 5.32 Å². The number of nitrogens with zero attached hydrogens (tertiary/aromatic N) is 2. The predicted molar refractivity (Wildman–Crippen MR) is 87.8 cm³/mol. The van der Waals surface area contributed by atoms with E-state index in [-0.39, 0.29) is 11.2 Å². The minimum absolute atomic E-state index is 0.000208. The van der Waals surface area contributed by atoms with Gasteiger partial charge in [0.25, 0.3) is 0 Å². The lowest BCUT2D eigenvalue weighted by Gasteiger charge is -2.12. The lowest BCUT2D eigenvalue weighted by Crippen LogP contribution is -2.23. The Balaban J connectivity index is 2.04. The highest BCUT2D eigenvalue weighted by Crippen LogP contribution is 2.25. The van der Waals surface area contributed by atoms with E-state index < -0.39 is 0 Å². The van der Waals surface area contributed by atoms with E-state index in [2.05, 4.69) is 29.5 Å². The number of nitrogens with one attached hydrogen (secondary N) is 1. The number of thioether (sulfide) groups is 1. The first kappa shape index (κ1) is 15.6. The summed E-state index contributed by atoms with van der Waals surface area (Å²) >= 11 is 1.56. The number of rotatable bonds is 4. The summed E-state index contributed by atoms with van der Waals surface area (Å²) in [5, 5.41) is 7.14. The Morgan fingerprint density at radius 3 is 2.38 bits per heavy atom. The minimum Gasteiger partial charge on any atom is -0.322 e. The molecule has 0 saturated carbocycles. The number of carbonyl (C=O) groups is 1. The fourth-order valence-electron chi connectivity index (χ4n) is 2.05. The third-order valence-electron chi connectivity index (χ3n) is 3.46. The van der Waals surface area contributed by atoms with Crippen LogP contribution < -0.4 is 5.32 Å². The fourth-order valence-corrected chi connectivity index (χ4v) is 2.92. The molecular formula is C16H21N3OS. The number of anilines is 1. The number of hydrogen-bond acceptors (Lipinski definition) is 3. The zero-order valence-corrected chi connectivity index (χ0v) is 13.9. The molecule has 1 amide bonds. The minimum atomic E-state index is -0.160. The van der Waals surface area contributed by atoms with Gasteiger partial charge in [-0.3, -0.25) is 9.48 Å². The van der Waals surface area contributed by atoms with E-state index in [4.69, 9.17) is 0 Å². The molecule has 1 N–H and O–H groups in total. The Hall–Kier alpha value is -1.75. The summed E-state index contributed by atoms with van der Waals surface area (Å²) in [5.74, 6) is -0.000208. The summed E-state index contributed by atoms with van der Waals surface area (Å²) in [6.07, 6.45) is 0. The average Bonchev–Trinajstić information content (AvgIpc) is 2.68. The van der Waals surface area contributed by atoms with E-state index in [0.29, 0.717) is 0 Å². The molecule has 5 heteroatoms. The van der Waals surface area contributed by atoms with Gasteiger partial charge in [-0.25, -0.2) is 0 Å². The molecule has 1 aromatic carbocycles. The molecule has 4 nitrogen and oxygen atoms in total. The van der Waals surface area contributed by atoms with Crippen molar-refractivity contribution in [3.05, 3.63) is 41.2 Å². The van der Waals surface area contributed by atoms with Crippen LogP contribution in [0, 0.1) is 20.8 Å². The molecule has 1 aromatic heterocycles. The summed E-state index contributed by atoms with van der Waals surface area (Å²) in [6.45, 7) is 7.83. The normalized spacial score (nSPS) is 12.2. The molecule has 2 aromatic rings. The number of aryl methyl sites for hydroxylation is 3. The number of aromatic nitrogens is 2. The molecule has 0 saturated heterocycles. The van der Waals surface area contributed by atoms with Crippen LogP contribution in [-0.2, 0) is 11.8 Å². The van der Waals surface area contributed by atoms with Gasteiger partial charge in [0.2, 0.25) is 5.91 Å². The third kappa shape index (κ3) is 3.67. The number of carbonyl (C=O) groups excluding carboxylic acids is 1. The standard InChI is InChI=1S/C16H21N3OS/c1-10-6-8-14(9-7-10)21-13(4)16(20)17-15-11(2)18-19(5)12(15)3/h6-9,13H,1-5H3,(H,17,20)/t13-/m0/s1. The van der Waals surface area contributed by atoms with Crippen molar-refractivity contribution in [3.63, 3.8) is 0 Å². The van der Waals surface area contributed by atoms with Crippen LogP contribution in [0.25, 0.3) is 0 Å². The van der Waals surface area contributed by atoms with Crippen molar-refractivity contribution in [2.24, 2.45) is 7.05 Å². The maximum atomic E-state index is 12.3. The molecule has 0 unspecified atom stereocenters. The van der Waals surface area contributed by atoms with Crippen molar-refractivity contribution in [2.45, 2.75) is 37.8 Å². The van der Waals surface area contributed by atoms with Gasteiger partial charge in [0, 0.05) is 11.9 Å². The van der Waals surface area contributed by atoms with Crippen LogP contribution in [0.2, 0.25) is 0 Å². The van der Waals surface area contributed by atoms with E-state index in [0.717, 1.165) is 22.0 Å². The van der Waals surface area contributed by atoms with Gasteiger partial charge in [-0.1, -0.05) is 17.7 Å². The van der Waals surface area contributed by atoms with Gasteiger partial charge in [-0.2, -0.15) is 5.10 Å². The predicted octanol–water partition coefficient (Wildman–Crippen LogP) is 3.46. The SMILES string of the molecule is Cc1ccc(S[C@@H](C)C(=O)Nc2c(C)nn(C)c2C)cc1. The Bertz CT molecular complexity index is 646. The van der Waals surface area contributed by atoms with Gasteiger partial charge in [0.1, 0.15) is 0 Å². The van der Waals surface area contributed by atoms with Crippen molar-refractivity contribution < 1.29 is 4.79 Å². The largest absolute Gasteiger partial charge is 0.322 e. The van der Waals surface area contributed by atoms with Gasteiger partial charge >= 0.3 is 0 Å². The van der Waals surface area contributed by atoms with Crippen LogP contribution in [0.5, 0.6) is 0 Å². The Morgan fingerprint density at radius 2 is 1.86 bits per heavy atom. The summed E-state index contributed by atoms with van der Waals surface area (Å²) in [7, 11) is 1.88. The second-order valence-corrected chi connectivity index (χ2v) is 6.65.